The fourth-order valence-electron chi connectivity index (χ4n) is 0.991. The first-order chi connectivity index (χ1) is 7.00. The van der Waals surface area contributed by atoms with Crippen molar-refractivity contribution in [3.63, 3.8) is 0 Å². The number of carboxylic acid groups (broad SMARTS) is 1. The van der Waals surface area contributed by atoms with E-state index in [0.717, 1.165) is 5.56 Å². The lowest BCUT2D eigenvalue weighted by Gasteiger charge is -2.08. The minimum atomic E-state index is -1.38. The molecule has 0 aliphatic carbocycles. The van der Waals surface area contributed by atoms with Gasteiger partial charge in [-0.25, -0.2) is 4.79 Å². The van der Waals surface area contributed by atoms with E-state index in [2.05, 4.69) is 5.32 Å². The number of benzene rings is 1. The highest BCUT2D eigenvalue weighted by Crippen LogP contribution is 2.03. The molecular weight excluding hydrogens is 194 g/mol. The van der Waals surface area contributed by atoms with E-state index < -0.39 is 17.9 Å². The van der Waals surface area contributed by atoms with Crippen LogP contribution in [0.3, 0.4) is 0 Å². The van der Waals surface area contributed by atoms with Crippen LogP contribution in [0, 0.1) is 13.8 Å². The summed E-state index contributed by atoms with van der Waals surface area (Å²) in [5.41, 5.74) is 1.41. The van der Waals surface area contributed by atoms with E-state index in [1.54, 1.807) is 24.3 Å². The molecule has 2 N–H and O–H groups in total. The van der Waals surface area contributed by atoms with Crippen LogP contribution in [0.2, 0.25) is 0 Å². The number of nitrogens with one attached hydrogen (secondary N) is 1. The fraction of sp³-hybridized carbons (Fsp3) is 0.182. The maximum atomic E-state index is 11.4. The smallest absolute Gasteiger partial charge is 0.326 e. The molecule has 1 aromatic rings. The molecule has 0 saturated heterocycles. The highest BCUT2D eigenvalue weighted by Gasteiger charge is 2.14. The summed E-state index contributed by atoms with van der Waals surface area (Å²) in [6.45, 7) is 7.05. The maximum Gasteiger partial charge on any atom is 0.326 e. The van der Waals surface area contributed by atoms with Gasteiger partial charge in [0.25, 0.3) is 5.91 Å². The first-order valence-corrected chi connectivity index (χ1v) is 4.36. The van der Waals surface area contributed by atoms with Gasteiger partial charge in [-0.15, -0.1) is 0 Å². The van der Waals surface area contributed by atoms with Crippen molar-refractivity contribution in [1.29, 1.82) is 0 Å². The van der Waals surface area contributed by atoms with Gasteiger partial charge in [-0.3, -0.25) is 4.79 Å². The third-order valence-electron chi connectivity index (χ3n) is 1.87. The van der Waals surface area contributed by atoms with Crippen molar-refractivity contribution in [2.75, 3.05) is 0 Å². The topological polar surface area (TPSA) is 66.4 Å². The van der Waals surface area contributed by atoms with Gasteiger partial charge in [-0.05, 0) is 19.1 Å². The van der Waals surface area contributed by atoms with Crippen molar-refractivity contribution >= 4 is 11.9 Å². The largest absolute Gasteiger partial charge is 0.480 e. The molecule has 1 aromatic carbocycles. The molecule has 2 radical (unpaired) electrons. The summed E-state index contributed by atoms with van der Waals surface area (Å²) in [7, 11) is 0. The monoisotopic (exact) mass is 205 g/mol. The molecule has 1 atom stereocenters. The fourth-order valence-corrected chi connectivity index (χ4v) is 0.991. The summed E-state index contributed by atoms with van der Waals surface area (Å²) in [6, 6.07) is 5.37. The molecule has 0 bridgehead atoms. The van der Waals surface area contributed by atoms with Gasteiger partial charge < -0.3 is 10.4 Å². The Morgan fingerprint density at radius 3 is 2.33 bits per heavy atom. The molecular formula is C11H11NO3. The lowest BCUT2D eigenvalue weighted by Crippen LogP contribution is -2.38. The van der Waals surface area contributed by atoms with E-state index in [-0.39, 0.29) is 0 Å². The van der Waals surface area contributed by atoms with Crippen molar-refractivity contribution in [2.45, 2.75) is 13.0 Å². The third-order valence-corrected chi connectivity index (χ3v) is 1.87. The molecule has 1 rings (SSSR count). The van der Waals surface area contributed by atoms with E-state index in [0.29, 0.717) is 5.56 Å². The molecule has 0 saturated carbocycles. The minimum absolute atomic E-state index is 0.386. The van der Waals surface area contributed by atoms with Crippen LogP contribution in [0.15, 0.2) is 24.3 Å². The number of aryl methyl sites for hydroxylation is 1. The van der Waals surface area contributed by atoms with E-state index in [9.17, 15) is 9.59 Å². The van der Waals surface area contributed by atoms with Crippen molar-refractivity contribution in [3.05, 3.63) is 42.3 Å². The highest BCUT2D eigenvalue weighted by molar-refractivity contribution is 5.96. The zero-order chi connectivity index (χ0) is 11.4. The predicted octanol–water partition coefficient (Wildman–Crippen LogP) is 0.889. The van der Waals surface area contributed by atoms with Crippen molar-refractivity contribution in [3.8, 4) is 0 Å². The molecule has 0 spiro atoms. The van der Waals surface area contributed by atoms with Gasteiger partial charge in [0, 0.05) is 12.5 Å². The Balaban J connectivity index is 2.69. The van der Waals surface area contributed by atoms with Gasteiger partial charge >= 0.3 is 5.97 Å². The van der Waals surface area contributed by atoms with Crippen molar-refractivity contribution in [2.24, 2.45) is 0 Å². The third kappa shape index (κ3) is 3.09. The van der Waals surface area contributed by atoms with Crippen LogP contribution in [0.25, 0.3) is 0 Å². The number of carbonyl (C=O) groups is 2. The summed E-state index contributed by atoms with van der Waals surface area (Å²) in [4.78, 5) is 21.8. The summed E-state index contributed by atoms with van der Waals surface area (Å²) in [5, 5.41) is 10.6. The van der Waals surface area contributed by atoms with Gasteiger partial charge in [0.05, 0.1) is 0 Å². The quantitative estimate of drug-likeness (QED) is 0.770. The van der Waals surface area contributed by atoms with E-state index in [1.165, 1.54) is 0 Å². The molecule has 4 heteroatoms. The number of amides is 1. The van der Waals surface area contributed by atoms with Crippen LogP contribution < -0.4 is 5.32 Å². The van der Waals surface area contributed by atoms with Crippen LogP contribution in [0.4, 0.5) is 0 Å². The number of carbonyl (C=O) groups excluding carboxylic acids is 1. The van der Waals surface area contributed by atoms with Crippen LogP contribution in [-0.2, 0) is 4.79 Å². The molecule has 15 heavy (non-hydrogen) atoms. The number of hydrogen-bond donors (Lipinski definition) is 2. The van der Waals surface area contributed by atoms with E-state index in [1.807, 2.05) is 6.92 Å². The van der Waals surface area contributed by atoms with Gasteiger partial charge in [0.1, 0.15) is 6.04 Å². The van der Waals surface area contributed by atoms with Gasteiger partial charge in [0.2, 0.25) is 0 Å². The Bertz CT molecular complexity index is 370. The molecule has 78 valence electrons. The summed E-state index contributed by atoms with van der Waals surface area (Å²) >= 11 is 0. The molecule has 0 aliphatic heterocycles. The minimum Gasteiger partial charge on any atom is -0.480 e. The van der Waals surface area contributed by atoms with Gasteiger partial charge in [-0.1, -0.05) is 17.7 Å². The average molecular weight is 205 g/mol. The van der Waals surface area contributed by atoms with Crippen LogP contribution >= 0.6 is 0 Å². The SMILES string of the molecule is [CH]C(NC(=O)c1ccc(C)cc1)C(=O)O. The van der Waals surface area contributed by atoms with Gasteiger partial charge in [-0.2, -0.15) is 0 Å². The summed E-state index contributed by atoms with van der Waals surface area (Å²) < 4.78 is 0. The van der Waals surface area contributed by atoms with Crippen LogP contribution in [0.1, 0.15) is 15.9 Å². The van der Waals surface area contributed by atoms with Crippen LogP contribution in [-0.4, -0.2) is 23.0 Å². The highest BCUT2D eigenvalue weighted by atomic mass is 16.4. The summed E-state index contributed by atoms with van der Waals surface area (Å²) in [5.74, 6) is -1.76. The first-order valence-electron chi connectivity index (χ1n) is 4.36. The molecule has 0 aromatic heterocycles. The lowest BCUT2D eigenvalue weighted by atomic mass is 10.1. The molecule has 0 heterocycles. The average Bonchev–Trinajstić information content (AvgIpc) is 2.18. The zero-order valence-corrected chi connectivity index (χ0v) is 8.23. The normalized spacial score (nSPS) is 11.9. The molecule has 0 fully saturated rings. The van der Waals surface area contributed by atoms with E-state index in [4.69, 9.17) is 12.0 Å². The molecule has 1 unspecified atom stereocenters. The number of aliphatic carboxylic acids is 1. The maximum absolute atomic E-state index is 11.4. The zero-order valence-electron chi connectivity index (χ0n) is 8.23. The van der Waals surface area contributed by atoms with Crippen LogP contribution in [0.5, 0.6) is 0 Å². The molecule has 0 aliphatic rings. The Labute approximate surface area is 87.9 Å². The number of hydrogen-bond acceptors (Lipinski definition) is 2. The Hall–Kier alpha value is -1.84. The number of carboxylic acids is 1. The first kappa shape index (κ1) is 11.2. The lowest BCUT2D eigenvalue weighted by molar-refractivity contribution is -0.138. The van der Waals surface area contributed by atoms with Crippen molar-refractivity contribution in [1.82, 2.24) is 5.32 Å². The Morgan fingerprint density at radius 2 is 1.87 bits per heavy atom. The van der Waals surface area contributed by atoms with Crippen molar-refractivity contribution < 1.29 is 14.7 Å². The second-order valence-corrected chi connectivity index (χ2v) is 3.16. The van der Waals surface area contributed by atoms with Gasteiger partial charge in [0.15, 0.2) is 0 Å². The summed E-state index contributed by atoms with van der Waals surface area (Å²) in [6.07, 6.45) is 0. The van der Waals surface area contributed by atoms with E-state index >= 15 is 0 Å². The Kier molecular flexibility index (Phi) is 3.44. The predicted molar refractivity (Wildman–Crippen MR) is 54.4 cm³/mol. The number of rotatable bonds is 3. The standard InChI is InChI=1S/C11H11NO3/c1-7-3-5-9(6-4-7)10(13)12-8(2)11(14)15/h2-6,8H,1H3,(H,12,13)(H,14,15). The Morgan fingerprint density at radius 1 is 1.33 bits per heavy atom. The molecule has 4 nitrogen and oxygen atoms in total. The molecule has 1 amide bonds. The second kappa shape index (κ2) is 4.59. The second-order valence-electron chi connectivity index (χ2n) is 3.16.